The zero-order valence-corrected chi connectivity index (χ0v) is 17.2. The quantitative estimate of drug-likeness (QED) is 0.208. The lowest BCUT2D eigenvalue weighted by molar-refractivity contribution is -0.141. The van der Waals surface area contributed by atoms with E-state index in [1.807, 2.05) is 0 Å². The van der Waals surface area contributed by atoms with Crippen LogP contribution in [0.4, 0.5) is 35.1 Å². The van der Waals surface area contributed by atoms with E-state index in [1.54, 1.807) is 0 Å². The monoisotopic (exact) mass is 497 g/mol. The third-order valence-electron chi connectivity index (χ3n) is 4.52. The second-order valence-corrected chi connectivity index (χ2v) is 6.95. The average molecular weight is 497 g/mol. The molecule has 0 bridgehead atoms. The molecule has 184 valence electrons. The van der Waals surface area contributed by atoms with Gasteiger partial charge in [0.15, 0.2) is 17.2 Å². The third-order valence-corrected chi connectivity index (χ3v) is 4.52. The Morgan fingerprint density at radius 2 is 1.68 bits per heavy atom. The number of nitrogens with one attached hydrogen (secondary N) is 1. The molecule has 1 aromatic carbocycles. The lowest BCUT2D eigenvalue weighted by Crippen LogP contribution is -2.25. The first kappa shape index (κ1) is 25.1. The predicted molar refractivity (Wildman–Crippen MR) is 98.2 cm³/mol. The lowest BCUT2D eigenvalue weighted by Gasteiger charge is -2.09. The Bertz CT molecular complexity index is 1170. The Kier molecular flexibility index (Phi) is 7.17. The van der Waals surface area contributed by atoms with Crippen molar-refractivity contribution >= 4 is 5.91 Å². The van der Waals surface area contributed by atoms with Crippen LogP contribution in [-0.2, 0) is 19.3 Å². The Morgan fingerprint density at radius 1 is 1.06 bits per heavy atom. The van der Waals surface area contributed by atoms with Crippen molar-refractivity contribution in [1.29, 1.82) is 0 Å². The molecule has 3 rings (SSSR count). The summed E-state index contributed by atoms with van der Waals surface area (Å²) in [5.41, 5.74) is -0.728. The van der Waals surface area contributed by atoms with Gasteiger partial charge in [0.05, 0.1) is 0 Å². The molecule has 1 N–H and O–H groups in total. The molecular formula is C20H15F8N3O3. The van der Waals surface area contributed by atoms with E-state index in [2.05, 4.69) is 15.2 Å². The van der Waals surface area contributed by atoms with Gasteiger partial charge in [0.25, 0.3) is 5.91 Å². The van der Waals surface area contributed by atoms with E-state index in [1.165, 1.54) is 19.1 Å². The van der Waals surface area contributed by atoms with E-state index < -0.39 is 59.2 Å². The number of hydrogen-bond acceptors (Lipinski definition) is 4. The molecule has 14 heteroatoms. The first-order valence-corrected chi connectivity index (χ1v) is 9.53. The summed E-state index contributed by atoms with van der Waals surface area (Å²) in [7, 11) is 0. The zero-order chi connectivity index (χ0) is 25.2. The molecule has 3 aromatic rings. The standard InChI is InChI=1S/C20H15F8N3O3/c1-9-7-12(20(26,27)28)30-31(9)6-2-5-29-19(32)11-4-3-10(34-11)8-33-18-16(24)14(22)13(21)15(23)17(18)25/h3-4,7H,2,5-6,8H2,1H3,(H,29,32). The van der Waals surface area contributed by atoms with Crippen molar-refractivity contribution in [3.63, 3.8) is 0 Å². The van der Waals surface area contributed by atoms with Crippen molar-refractivity contribution < 1.29 is 49.1 Å². The molecule has 0 atom stereocenters. The Labute approximate surface area is 186 Å². The molecule has 0 aliphatic carbocycles. The fourth-order valence-corrected chi connectivity index (χ4v) is 2.83. The number of hydrogen-bond donors (Lipinski definition) is 1. The predicted octanol–water partition coefficient (Wildman–Crippen LogP) is 4.90. The highest BCUT2D eigenvalue weighted by molar-refractivity contribution is 5.91. The van der Waals surface area contributed by atoms with Crippen LogP contribution in [0.5, 0.6) is 5.75 Å². The second kappa shape index (κ2) is 9.73. The van der Waals surface area contributed by atoms with Gasteiger partial charge in [-0.1, -0.05) is 0 Å². The van der Waals surface area contributed by atoms with Gasteiger partial charge in [-0.15, -0.1) is 0 Å². The molecule has 0 saturated heterocycles. The van der Waals surface area contributed by atoms with Crippen LogP contribution in [0.2, 0.25) is 0 Å². The molecule has 6 nitrogen and oxygen atoms in total. The van der Waals surface area contributed by atoms with Crippen LogP contribution in [0, 0.1) is 36.0 Å². The topological polar surface area (TPSA) is 69.3 Å². The smallest absolute Gasteiger partial charge is 0.435 e. The van der Waals surface area contributed by atoms with E-state index in [4.69, 9.17) is 4.42 Å². The number of halogens is 8. The summed E-state index contributed by atoms with van der Waals surface area (Å²) < 4.78 is 116. The first-order valence-electron chi connectivity index (χ1n) is 9.53. The number of carbonyl (C=O) groups excluding carboxylic acids is 1. The van der Waals surface area contributed by atoms with Crippen molar-refractivity contribution in [3.05, 3.63) is 70.2 Å². The molecular weight excluding hydrogens is 482 g/mol. The summed E-state index contributed by atoms with van der Waals surface area (Å²) in [5, 5.41) is 5.91. The van der Waals surface area contributed by atoms with Crippen LogP contribution in [0.25, 0.3) is 0 Å². The normalized spacial score (nSPS) is 11.7. The van der Waals surface area contributed by atoms with Gasteiger partial charge in [-0.2, -0.15) is 27.1 Å². The maximum Gasteiger partial charge on any atom is 0.435 e. The first-order chi connectivity index (χ1) is 15.9. The minimum absolute atomic E-state index is 0.0522. The average Bonchev–Trinajstić information content (AvgIpc) is 3.40. The number of ether oxygens (including phenoxy) is 1. The minimum Gasteiger partial charge on any atom is -0.479 e. The number of benzene rings is 1. The summed E-state index contributed by atoms with van der Waals surface area (Å²) in [6.45, 7) is 0.864. The zero-order valence-electron chi connectivity index (χ0n) is 17.2. The number of furan rings is 1. The summed E-state index contributed by atoms with van der Waals surface area (Å²) in [4.78, 5) is 12.1. The maximum absolute atomic E-state index is 13.6. The highest BCUT2D eigenvalue weighted by Gasteiger charge is 2.34. The van der Waals surface area contributed by atoms with Gasteiger partial charge in [0.1, 0.15) is 12.4 Å². The van der Waals surface area contributed by atoms with E-state index >= 15 is 0 Å². The number of rotatable bonds is 8. The summed E-state index contributed by atoms with van der Waals surface area (Å²) in [6.07, 6.45) is -4.33. The molecule has 0 radical (unpaired) electrons. The highest BCUT2D eigenvalue weighted by Crippen LogP contribution is 2.30. The van der Waals surface area contributed by atoms with E-state index in [0.29, 0.717) is 5.69 Å². The molecule has 0 aliphatic rings. The van der Waals surface area contributed by atoms with Crippen molar-refractivity contribution in [2.24, 2.45) is 0 Å². The molecule has 0 saturated carbocycles. The molecule has 0 aliphatic heterocycles. The Hall–Kier alpha value is -3.58. The largest absolute Gasteiger partial charge is 0.479 e. The van der Waals surface area contributed by atoms with E-state index in [0.717, 1.165) is 10.7 Å². The lowest BCUT2D eigenvalue weighted by atomic mass is 10.2. The molecule has 34 heavy (non-hydrogen) atoms. The van der Waals surface area contributed by atoms with Gasteiger partial charge in [0, 0.05) is 18.8 Å². The molecule has 1 amide bonds. The minimum atomic E-state index is -4.57. The van der Waals surface area contributed by atoms with Crippen LogP contribution < -0.4 is 10.1 Å². The molecule has 0 fully saturated rings. The SMILES string of the molecule is Cc1cc(C(F)(F)F)nn1CCCNC(=O)c1ccc(COc2c(F)c(F)c(F)c(F)c2F)o1. The van der Waals surface area contributed by atoms with Crippen molar-refractivity contribution in [3.8, 4) is 5.75 Å². The number of carbonyl (C=O) groups is 1. The van der Waals surface area contributed by atoms with Crippen LogP contribution in [0.1, 0.15) is 34.1 Å². The van der Waals surface area contributed by atoms with Gasteiger partial charge >= 0.3 is 6.18 Å². The van der Waals surface area contributed by atoms with E-state index in [9.17, 15) is 39.9 Å². The van der Waals surface area contributed by atoms with Crippen LogP contribution >= 0.6 is 0 Å². The van der Waals surface area contributed by atoms with Gasteiger partial charge in [-0.25, -0.2) is 13.2 Å². The van der Waals surface area contributed by atoms with Crippen LogP contribution in [0.15, 0.2) is 22.6 Å². The molecule has 0 unspecified atom stereocenters. The number of amides is 1. The van der Waals surface area contributed by atoms with Crippen molar-refractivity contribution in [1.82, 2.24) is 15.1 Å². The maximum atomic E-state index is 13.6. The fraction of sp³-hybridized carbons (Fsp3) is 0.300. The van der Waals surface area contributed by atoms with Crippen LogP contribution in [0.3, 0.4) is 0 Å². The number of aryl methyl sites for hydroxylation is 2. The molecule has 2 aromatic heterocycles. The van der Waals surface area contributed by atoms with E-state index in [-0.39, 0.29) is 31.0 Å². The fourth-order valence-electron chi connectivity index (χ4n) is 2.83. The summed E-state index contributed by atoms with van der Waals surface area (Å²) in [5.74, 6) is -13.6. The molecule has 0 spiro atoms. The summed E-state index contributed by atoms with van der Waals surface area (Å²) >= 11 is 0. The van der Waals surface area contributed by atoms with Gasteiger partial charge in [0.2, 0.25) is 29.1 Å². The highest BCUT2D eigenvalue weighted by atomic mass is 19.4. The van der Waals surface area contributed by atoms with Crippen molar-refractivity contribution in [2.45, 2.75) is 32.7 Å². The number of alkyl halides is 3. The summed E-state index contributed by atoms with van der Waals surface area (Å²) in [6, 6.07) is 3.27. The number of nitrogens with zero attached hydrogens (tertiary/aromatic N) is 2. The second-order valence-electron chi connectivity index (χ2n) is 6.95. The Morgan fingerprint density at radius 3 is 2.26 bits per heavy atom. The number of aromatic nitrogens is 2. The van der Waals surface area contributed by atoms with Gasteiger partial charge < -0.3 is 14.5 Å². The third kappa shape index (κ3) is 5.31. The van der Waals surface area contributed by atoms with Gasteiger partial charge in [-0.3, -0.25) is 9.48 Å². The molecule has 2 heterocycles. The Balaban J connectivity index is 1.52. The van der Waals surface area contributed by atoms with Crippen LogP contribution in [-0.4, -0.2) is 22.2 Å². The van der Waals surface area contributed by atoms with Crippen molar-refractivity contribution in [2.75, 3.05) is 6.54 Å². The van der Waals surface area contributed by atoms with Gasteiger partial charge in [-0.05, 0) is 31.5 Å².